The predicted octanol–water partition coefficient (Wildman–Crippen LogP) is 3.18. The standard InChI is InChI=1S/C19H27ClN2O3/c1-5-6-11-21-17(23)14-12-19(2,18(24)25-4)22(3)16(14)13-9-7-8-10-15(13)20/h7-10,14,16H,5-6,11-12H2,1-4H3,(H,21,23)/t14-,16-,19-/m0/s1. The Kier molecular flexibility index (Phi) is 6.47. The van der Waals surface area contributed by atoms with Crippen LogP contribution in [-0.2, 0) is 14.3 Å². The third-order valence-corrected chi connectivity index (χ3v) is 5.55. The second-order valence-corrected chi connectivity index (χ2v) is 7.21. The van der Waals surface area contributed by atoms with Gasteiger partial charge in [-0.1, -0.05) is 43.1 Å². The Morgan fingerprint density at radius 1 is 1.40 bits per heavy atom. The fraction of sp³-hybridized carbons (Fsp3) is 0.579. The van der Waals surface area contributed by atoms with Crippen molar-refractivity contribution in [1.29, 1.82) is 0 Å². The van der Waals surface area contributed by atoms with Gasteiger partial charge in [0.05, 0.1) is 13.0 Å². The van der Waals surface area contributed by atoms with Gasteiger partial charge in [0.15, 0.2) is 0 Å². The molecule has 0 bridgehead atoms. The molecule has 1 aromatic rings. The van der Waals surface area contributed by atoms with Crippen LogP contribution in [0.1, 0.15) is 44.7 Å². The van der Waals surface area contributed by atoms with Crippen molar-refractivity contribution in [2.24, 2.45) is 5.92 Å². The van der Waals surface area contributed by atoms with Crippen LogP contribution >= 0.6 is 11.6 Å². The van der Waals surface area contributed by atoms with Crippen LogP contribution in [0.25, 0.3) is 0 Å². The predicted molar refractivity (Wildman–Crippen MR) is 98.4 cm³/mol. The molecule has 2 rings (SSSR count). The van der Waals surface area contributed by atoms with Crippen molar-refractivity contribution >= 4 is 23.5 Å². The molecule has 0 spiro atoms. The van der Waals surface area contributed by atoms with Gasteiger partial charge in [0.2, 0.25) is 5.91 Å². The fourth-order valence-electron chi connectivity index (χ4n) is 3.60. The largest absolute Gasteiger partial charge is 0.468 e. The third-order valence-electron chi connectivity index (χ3n) is 5.21. The number of carbonyl (C=O) groups is 2. The number of nitrogens with one attached hydrogen (secondary N) is 1. The smallest absolute Gasteiger partial charge is 0.326 e. The van der Waals surface area contributed by atoms with E-state index in [0.29, 0.717) is 18.0 Å². The van der Waals surface area contributed by atoms with E-state index in [1.807, 2.05) is 43.1 Å². The number of halogens is 1. The summed E-state index contributed by atoms with van der Waals surface area (Å²) in [5.41, 5.74) is -0.0133. The molecular formula is C19H27ClN2O3. The topological polar surface area (TPSA) is 58.6 Å². The van der Waals surface area contributed by atoms with Gasteiger partial charge >= 0.3 is 5.97 Å². The Morgan fingerprint density at radius 2 is 2.08 bits per heavy atom. The highest BCUT2D eigenvalue weighted by molar-refractivity contribution is 6.31. The average molecular weight is 367 g/mol. The third kappa shape index (κ3) is 3.82. The van der Waals surface area contributed by atoms with E-state index in [-0.39, 0.29) is 23.8 Å². The molecule has 1 fully saturated rings. The molecule has 1 aliphatic heterocycles. The number of ether oxygens (including phenoxy) is 1. The highest BCUT2D eigenvalue weighted by Gasteiger charge is 2.55. The molecule has 1 aliphatic rings. The van der Waals surface area contributed by atoms with Crippen molar-refractivity contribution < 1.29 is 14.3 Å². The van der Waals surface area contributed by atoms with Crippen molar-refractivity contribution in [3.63, 3.8) is 0 Å². The molecule has 25 heavy (non-hydrogen) atoms. The number of nitrogens with zero attached hydrogens (tertiary/aromatic N) is 1. The normalized spacial score (nSPS) is 26.4. The summed E-state index contributed by atoms with van der Waals surface area (Å²) in [7, 11) is 3.23. The Bertz CT molecular complexity index is 637. The maximum Gasteiger partial charge on any atom is 0.326 e. The Labute approximate surface area is 154 Å². The van der Waals surface area contributed by atoms with Crippen LogP contribution in [0.3, 0.4) is 0 Å². The first-order valence-electron chi connectivity index (χ1n) is 8.70. The molecule has 138 valence electrons. The van der Waals surface area contributed by atoms with E-state index >= 15 is 0 Å². The van der Waals surface area contributed by atoms with Gasteiger partial charge in [-0.05, 0) is 38.4 Å². The number of likely N-dealkylation sites (N-methyl/N-ethyl adjacent to an activating group) is 1. The van der Waals surface area contributed by atoms with Crippen LogP contribution in [-0.4, -0.2) is 43.0 Å². The van der Waals surface area contributed by atoms with Crippen LogP contribution in [0, 0.1) is 5.92 Å². The minimum atomic E-state index is -0.870. The average Bonchev–Trinajstić information content (AvgIpc) is 2.87. The van der Waals surface area contributed by atoms with Gasteiger partial charge in [-0.2, -0.15) is 0 Å². The quantitative estimate of drug-likeness (QED) is 0.620. The molecule has 0 radical (unpaired) electrons. The lowest BCUT2D eigenvalue weighted by atomic mass is 9.89. The molecule has 1 N–H and O–H groups in total. The SMILES string of the molecule is CCCCNC(=O)[C@H]1C[C@@](C)(C(=O)OC)N(C)[C@H]1c1ccccc1Cl. The van der Waals surface area contributed by atoms with Crippen LogP contribution in [0.15, 0.2) is 24.3 Å². The highest BCUT2D eigenvalue weighted by Crippen LogP contribution is 2.47. The summed E-state index contributed by atoms with van der Waals surface area (Å²) in [6.45, 7) is 4.54. The number of likely N-dealkylation sites (tertiary alicyclic amines) is 1. The highest BCUT2D eigenvalue weighted by atomic mass is 35.5. The summed E-state index contributed by atoms with van der Waals surface area (Å²) < 4.78 is 5.00. The molecule has 1 heterocycles. The number of rotatable bonds is 6. The number of amides is 1. The van der Waals surface area contributed by atoms with Gasteiger partial charge < -0.3 is 10.1 Å². The van der Waals surface area contributed by atoms with Crippen LogP contribution in [0.4, 0.5) is 0 Å². The first kappa shape index (κ1) is 19.7. The molecule has 0 aliphatic carbocycles. The molecule has 6 heteroatoms. The zero-order chi connectivity index (χ0) is 18.6. The molecule has 0 aromatic heterocycles. The number of methoxy groups -OCH3 is 1. The summed E-state index contributed by atoms with van der Waals surface area (Å²) >= 11 is 6.40. The summed E-state index contributed by atoms with van der Waals surface area (Å²) in [5.74, 6) is -0.750. The zero-order valence-electron chi connectivity index (χ0n) is 15.3. The first-order valence-corrected chi connectivity index (χ1v) is 9.08. The lowest BCUT2D eigenvalue weighted by molar-refractivity contribution is -0.152. The molecule has 3 atom stereocenters. The monoisotopic (exact) mass is 366 g/mol. The van der Waals surface area contributed by atoms with Crippen molar-refractivity contribution in [3.05, 3.63) is 34.9 Å². The van der Waals surface area contributed by atoms with Gasteiger partial charge in [-0.25, -0.2) is 0 Å². The van der Waals surface area contributed by atoms with E-state index in [1.165, 1.54) is 7.11 Å². The lowest BCUT2D eigenvalue weighted by Gasteiger charge is -2.33. The number of carbonyl (C=O) groups excluding carboxylic acids is 2. The Balaban J connectivity index is 2.38. The van der Waals surface area contributed by atoms with Crippen LogP contribution in [0.2, 0.25) is 5.02 Å². The minimum absolute atomic E-state index is 0.0437. The van der Waals surface area contributed by atoms with Crippen molar-refractivity contribution in [3.8, 4) is 0 Å². The van der Waals surface area contributed by atoms with Gasteiger partial charge in [0.1, 0.15) is 5.54 Å². The molecule has 5 nitrogen and oxygen atoms in total. The fourth-order valence-corrected chi connectivity index (χ4v) is 3.85. The van der Waals surface area contributed by atoms with Crippen molar-refractivity contribution in [2.75, 3.05) is 20.7 Å². The van der Waals surface area contributed by atoms with Gasteiger partial charge in [0, 0.05) is 17.6 Å². The first-order chi connectivity index (χ1) is 11.9. The Morgan fingerprint density at radius 3 is 2.68 bits per heavy atom. The van der Waals surface area contributed by atoms with E-state index in [2.05, 4.69) is 12.2 Å². The summed E-state index contributed by atoms with van der Waals surface area (Å²) in [6.07, 6.45) is 2.34. The van der Waals surface area contributed by atoms with Crippen molar-refractivity contribution in [1.82, 2.24) is 10.2 Å². The number of benzene rings is 1. The molecule has 0 saturated carbocycles. The molecule has 1 saturated heterocycles. The second-order valence-electron chi connectivity index (χ2n) is 6.80. The van der Waals surface area contributed by atoms with Crippen LogP contribution in [0.5, 0.6) is 0 Å². The molecule has 1 aromatic carbocycles. The minimum Gasteiger partial charge on any atom is -0.468 e. The van der Waals surface area contributed by atoms with E-state index in [4.69, 9.17) is 16.3 Å². The summed E-state index contributed by atoms with van der Waals surface area (Å²) in [5, 5.41) is 3.60. The van der Waals surface area contributed by atoms with Gasteiger partial charge in [-0.15, -0.1) is 0 Å². The van der Waals surface area contributed by atoms with E-state index < -0.39 is 5.54 Å². The van der Waals surface area contributed by atoms with E-state index in [9.17, 15) is 9.59 Å². The van der Waals surface area contributed by atoms with Crippen molar-refractivity contribution in [2.45, 2.75) is 44.7 Å². The maximum absolute atomic E-state index is 12.8. The zero-order valence-corrected chi connectivity index (χ0v) is 16.1. The number of hydrogen-bond donors (Lipinski definition) is 1. The maximum atomic E-state index is 12.8. The number of hydrogen-bond acceptors (Lipinski definition) is 4. The van der Waals surface area contributed by atoms with E-state index in [1.54, 1.807) is 0 Å². The lowest BCUT2D eigenvalue weighted by Crippen LogP contribution is -2.47. The molecular weight excluding hydrogens is 340 g/mol. The number of unbranched alkanes of at least 4 members (excludes halogenated alkanes) is 1. The van der Waals surface area contributed by atoms with Crippen LogP contribution < -0.4 is 5.32 Å². The van der Waals surface area contributed by atoms with E-state index in [0.717, 1.165) is 18.4 Å². The summed E-state index contributed by atoms with van der Waals surface area (Å²) in [6, 6.07) is 7.20. The summed E-state index contributed by atoms with van der Waals surface area (Å²) in [4.78, 5) is 27.2. The van der Waals surface area contributed by atoms with Gasteiger partial charge in [0.25, 0.3) is 0 Å². The number of esters is 1. The second kappa shape index (κ2) is 8.19. The van der Waals surface area contributed by atoms with Gasteiger partial charge in [-0.3, -0.25) is 14.5 Å². The molecule has 0 unspecified atom stereocenters. The Hall–Kier alpha value is -1.59. The molecule has 1 amide bonds.